The lowest BCUT2D eigenvalue weighted by molar-refractivity contribution is -0.126. The first-order valence-electron chi connectivity index (χ1n) is 10.2. The zero-order chi connectivity index (χ0) is 21.6. The van der Waals surface area contributed by atoms with Crippen LogP contribution in [0.4, 0.5) is 0 Å². The van der Waals surface area contributed by atoms with Gasteiger partial charge in [-0.1, -0.05) is 11.2 Å². The highest BCUT2D eigenvalue weighted by Gasteiger charge is 2.26. The normalized spacial score (nSPS) is 15.0. The van der Waals surface area contributed by atoms with Crippen LogP contribution in [-0.2, 0) is 17.9 Å². The Labute approximate surface area is 185 Å². The Balaban J connectivity index is 1.28. The van der Waals surface area contributed by atoms with E-state index in [0.717, 1.165) is 31.5 Å². The van der Waals surface area contributed by atoms with Crippen LogP contribution < -0.4 is 14.8 Å². The average Bonchev–Trinajstić information content (AvgIpc) is 3.50. The molecule has 1 aromatic carbocycles. The molecular formula is C22H26N4O4S. The molecule has 31 heavy (non-hydrogen) atoms. The lowest BCUT2D eigenvalue weighted by Crippen LogP contribution is -2.40. The third-order valence-corrected chi connectivity index (χ3v) is 6.32. The fraction of sp³-hybridized carbons (Fsp3) is 0.409. The number of likely N-dealkylation sites (tertiary alicyclic amines) is 1. The summed E-state index contributed by atoms with van der Waals surface area (Å²) in [6.07, 6.45) is 1.65. The van der Waals surface area contributed by atoms with E-state index >= 15 is 0 Å². The molecule has 0 saturated carbocycles. The Morgan fingerprint density at radius 1 is 1.23 bits per heavy atom. The first kappa shape index (κ1) is 21.3. The smallest absolute Gasteiger partial charge is 0.241 e. The summed E-state index contributed by atoms with van der Waals surface area (Å²) < 4.78 is 16.1. The number of ether oxygens (including phenoxy) is 2. The largest absolute Gasteiger partial charge is 0.493 e. The molecule has 3 heterocycles. The molecule has 1 aliphatic rings. The summed E-state index contributed by atoms with van der Waals surface area (Å²) in [4.78, 5) is 20.4. The van der Waals surface area contributed by atoms with E-state index in [4.69, 9.17) is 14.0 Å². The van der Waals surface area contributed by atoms with Gasteiger partial charge in [0.05, 0.1) is 27.3 Å². The molecule has 9 heteroatoms. The van der Waals surface area contributed by atoms with Crippen LogP contribution in [0.2, 0.25) is 0 Å². The van der Waals surface area contributed by atoms with E-state index in [1.807, 2.05) is 35.7 Å². The van der Waals surface area contributed by atoms with Crippen LogP contribution in [0.1, 0.15) is 23.6 Å². The zero-order valence-corrected chi connectivity index (χ0v) is 18.5. The highest BCUT2D eigenvalue weighted by molar-refractivity contribution is 7.09. The molecule has 1 aliphatic heterocycles. The number of aromatic nitrogens is 2. The number of nitrogens with zero attached hydrogens (tertiary/aromatic N) is 3. The summed E-state index contributed by atoms with van der Waals surface area (Å²) in [5, 5.41) is 9.18. The van der Waals surface area contributed by atoms with Crippen molar-refractivity contribution in [3.63, 3.8) is 0 Å². The Hall–Kier alpha value is -2.91. The first-order valence-corrected chi connectivity index (χ1v) is 11.1. The summed E-state index contributed by atoms with van der Waals surface area (Å²) in [7, 11) is 3.19. The molecule has 0 atom stereocenters. The van der Waals surface area contributed by atoms with Gasteiger partial charge in [0.1, 0.15) is 0 Å². The van der Waals surface area contributed by atoms with Crippen molar-refractivity contribution in [3.8, 4) is 22.9 Å². The van der Waals surface area contributed by atoms with Crippen molar-refractivity contribution in [1.29, 1.82) is 0 Å². The van der Waals surface area contributed by atoms with Gasteiger partial charge in [0.15, 0.2) is 11.5 Å². The minimum absolute atomic E-state index is 0.0567. The van der Waals surface area contributed by atoms with Crippen LogP contribution in [0.5, 0.6) is 11.5 Å². The van der Waals surface area contributed by atoms with Gasteiger partial charge in [-0.15, -0.1) is 11.3 Å². The first-order chi connectivity index (χ1) is 15.2. The predicted molar refractivity (Wildman–Crippen MR) is 117 cm³/mol. The van der Waals surface area contributed by atoms with Gasteiger partial charge in [-0.3, -0.25) is 9.69 Å². The minimum Gasteiger partial charge on any atom is -0.493 e. The van der Waals surface area contributed by atoms with E-state index in [-0.39, 0.29) is 11.8 Å². The lowest BCUT2D eigenvalue weighted by Gasteiger charge is -2.30. The molecule has 1 N–H and O–H groups in total. The fourth-order valence-corrected chi connectivity index (χ4v) is 4.33. The molecule has 0 bridgehead atoms. The Morgan fingerprint density at radius 2 is 2.03 bits per heavy atom. The van der Waals surface area contributed by atoms with Crippen LogP contribution in [0.3, 0.4) is 0 Å². The third-order valence-electron chi connectivity index (χ3n) is 5.44. The van der Waals surface area contributed by atoms with Gasteiger partial charge in [-0.25, -0.2) is 0 Å². The van der Waals surface area contributed by atoms with Crippen LogP contribution in [0, 0.1) is 5.92 Å². The summed E-state index contributed by atoms with van der Waals surface area (Å²) >= 11 is 1.66. The molecule has 0 radical (unpaired) electrons. The van der Waals surface area contributed by atoms with Crippen molar-refractivity contribution < 1.29 is 18.8 Å². The molecule has 3 aromatic rings. The van der Waals surface area contributed by atoms with Crippen LogP contribution in [-0.4, -0.2) is 48.3 Å². The second kappa shape index (κ2) is 9.93. The van der Waals surface area contributed by atoms with E-state index in [0.29, 0.717) is 36.3 Å². The predicted octanol–water partition coefficient (Wildman–Crippen LogP) is 3.34. The molecule has 8 nitrogen and oxygen atoms in total. The summed E-state index contributed by atoms with van der Waals surface area (Å²) in [5.41, 5.74) is 0.800. The quantitative estimate of drug-likeness (QED) is 0.572. The van der Waals surface area contributed by atoms with Crippen molar-refractivity contribution in [1.82, 2.24) is 20.4 Å². The van der Waals surface area contributed by atoms with E-state index in [1.165, 1.54) is 4.88 Å². The molecule has 1 fully saturated rings. The second-order valence-corrected chi connectivity index (χ2v) is 8.46. The van der Waals surface area contributed by atoms with Gasteiger partial charge in [0.2, 0.25) is 17.6 Å². The molecule has 0 aliphatic carbocycles. The Kier molecular flexibility index (Phi) is 6.83. The highest BCUT2D eigenvalue weighted by atomic mass is 32.1. The number of piperidine rings is 1. The molecular weight excluding hydrogens is 416 g/mol. The number of nitrogens with one attached hydrogen (secondary N) is 1. The number of hydrogen-bond acceptors (Lipinski definition) is 8. The maximum atomic E-state index is 12.4. The number of carbonyl (C=O) groups excluding carboxylic acids is 1. The average molecular weight is 443 g/mol. The number of rotatable bonds is 8. The maximum Gasteiger partial charge on any atom is 0.241 e. The molecule has 0 spiro atoms. The van der Waals surface area contributed by atoms with Crippen LogP contribution in [0.15, 0.2) is 40.2 Å². The standard InChI is InChI=1S/C22H26N4O4S/c1-28-18-6-5-16(12-19(18)29-2)21-24-20(30-25-21)14-26-9-7-15(8-10-26)22(27)23-13-17-4-3-11-31-17/h3-6,11-12,15H,7-10,13-14H2,1-2H3,(H,23,27). The number of carbonyl (C=O) groups is 1. The Morgan fingerprint density at radius 3 is 2.74 bits per heavy atom. The summed E-state index contributed by atoms with van der Waals surface area (Å²) in [6.45, 7) is 2.83. The van der Waals surface area contributed by atoms with Crippen molar-refractivity contribution in [2.24, 2.45) is 5.92 Å². The van der Waals surface area contributed by atoms with Crippen molar-refractivity contribution >= 4 is 17.2 Å². The second-order valence-electron chi connectivity index (χ2n) is 7.43. The zero-order valence-electron chi connectivity index (χ0n) is 17.7. The van der Waals surface area contributed by atoms with Gasteiger partial charge in [0, 0.05) is 16.4 Å². The number of methoxy groups -OCH3 is 2. The van der Waals surface area contributed by atoms with E-state index < -0.39 is 0 Å². The SMILES string of the molecule is COc1ccc(-c2noc(CN3CCC(C(=O)NCc4cccs4)CC3)n2)cc1OC. The van der Waals surface area contributed by atoms with E-state index in [1.54, 1.807) is 25.6 Å². The topological polar surface area (TPSA) is 89.7 Å². The minimum atomic E-state index is 0.0567. The lowest BCUT2D eigenvalue weighted by atomic mass is 9.96. The number of amides is 1. The Bertz CT molecular complexity index is 997. The number of hydrogen-bond donors (Lipinski definition) is 1. The molecule has 1 amide bonds. The monoisotopic (exact) mass is 442 g/mol. The molecule has 2 aromatic heterocycles. The highest BCUT2D eigenvalue weighted by Crippen LogP contribution is 2.31. The number of thiophene rings is 1. The van der Waals surface area contributed by atoms with Crippen molar-refractivity contribution in [2.75, 3.05) is 27.3 Å². The third kappa shape index (κ3) is 5.23. The van der Waals surface area contributed by atoms with Gasteiger partial charge >= 0.3 is 0 Å². The van der Waals surface area contributed by atoms with Crippen LogP contribution >= 0.6 is 11.3 Å². The molecule has 1 saturated heterocycles. The molecule has 0 unspecified atom stereocenters. The molecule has 4 rings (SSSR count). The van der Waals surface area contributed by atoms with E-state index in [2.05, 4.69) is 20.4 Å². The van der Waals surface area contributed by atoms with Gasteiger partial charge < -0.3 is 19.3 Å². The van der Waals surface area contributed by atoms with E-state index in [9.17, 15) is 4.79 Å². The summed E-state index contributed by atoms with van der Waals surface area (Å²) in [6, 6.07) is 9.55. The fourth-order valence-electron chi connectivity index (χ4n) is 3.69. The van der Waals surface area contributed by atoms with Gasteiger partial charge in [-0.05, 0) is 55.6 Å². The summed E-state index contributed by atoms with van der Waals surface area (Å²) in [5.74, 6) is 2.54. The van der Waals surface area contributed by atoms with Crippen LogP contribution in [0.25, 0.3) is 11.4 Å². The van der Waals surface area contributed by atoms with Gasteiger partial charge in [-0.2, -0.15) is 4.98 Å². The van der Waals surface area contributed by atoms with Gasteiger partial charge in [0.25, 0.3) is 0 Å². The van der Waals surface area contributed by atoms with Crippen molar-refractivity contribution in [2.45, 2.75) is 25.9 Å². The number of benzene rings is 1. The maximum absolute atomic E-state index is 12.4. The molecule has 164 valence electrons. The van der Waals surface area contributed by atoms with Crippen molar-refractivity contribution in [3.05, 3.63) is 46.5 Å².